The molecule has 2 aromatic carbocycles. The molecule has 0 radical (unpaired) electrons. The summed E-state index contributed by atoms with van der Waals surface area (Å²) in [6.45, 7) is 2.55. The third-order valence-electron chi connectivity index (χ3n) is 3.75. The molecule has 0 aliphatic carbocycles. The Hall–Kier alpha value is -1.89. The Labute approximate surface area is 137 Å². The molecule has 0 fully saturated rings. The van der Waals surface area contributed by atoms with E-state index in [0.29, 0.717) is 6.54 Å². The maximum atomic E-state index is 11.8. The molecule has 0 saturated heterocycles. The lowest BCUT2D eigenvalue weighted by Gasteiger charge is -2.19. The highest BCUT2D eigenvalue weighted by Gasteiger charge is 2.14. The fourth-order valence-corrected chi connectivity index (χ4v) is 3.24. The van der Waals surface area contributed by atoms with Crippen molar-refractivity contribution >= 4 is 10.0 Å². The van der Waals surface area contributed by atoms with E-state index in [1.54, 1.807) is 30.3 Å². The molecular formula is C17H22N2O3S. The van der Waals surface area contributed by atoms with Gasteiger partial charge < -0.3 is 10.4 Å². The molecular weight excluding hydrogens is 312 g/mol. The first-order chi connectivity index (χ1) is 11.0. The van der Waals surface area contributed by atoms with Crippen LogP contribution in [0.1, 0.15) is 30.5 Å². The maximum absolute atomic E-state index is 11.8. The van der Waals surface area contributed by atoms with E-state index in [9.17, 15) is 13.5 Å². The minimum absolute atomic E-state index is 0.000707. The molecule has 0 aliphatic rings. The van der Waals surface area contributed by atoms with Crippen molar-refractivity contribution in [1.82, 2.24) is 10.0 Å². The van der Waals surface area contributed by atoms with Crippen LogP contribution in [0.2, 0.25) is 0 Å². The van der Waals surface area contributed by atoms with Crippen molar-refractivity contribution in [2.45, 2.75) is 30.8 Å². The lowest BCUT2D eigenvalue weighted by molar-refractivity contribution is 0.440. The van der Waals surface area contributed by atoms with Gasteiger partial charge in [0.1, 0.15) is 5.75 Å². The van der Waals surface area contributed by atoms with E-state index in [-0.39, 0.29) is 16.7 Å². The van der Waals surface area contributed by atoms with Crippen molar-refractivity contribution in [3.63, 3.8) is 0 Å². The summed E-state index contributed by atoms with van der Waals surface area (Å²) >= 11 is 0. The third kappa shape index (κ3) is 4.31. The molecule has 0 amide bonds. The van der Waals surface area contributed by atoms with Gasteiger partial charge in [0, 0.05) is 18.2 Å². The Morgan fingerprint density at radius 1 is 1.13 bits per heavy atom. The van der Waals surface area contributed by atoms with E-state index in [1.165, 1.54) is 7.05 Å². The van der Waals surface area contributed by atoms with Gasteiger partial charge in [-0.3, -0.25) is 0 Å². The molecule has 2 rings (SSSR count). The van der Waals surface area contributed by atoms with Crippen LogP contribution in [0.5, 0.6) is 5.75 Å². The number of nitrogens with one attached hydrogen (secondary N) is 2. The number of phenols is 1. The Morgan fingerprint density at radius 3 is 2.52 bits per heavy atom. The average Bonchev–Trinajstić information content (AvgIpc) is 2.57. The summed E-state index contributed by atoms with van der Waals surface area (Å²) in [5.41, 5.74) is 1.71. The SMILES string of the molecule is CCC(NCc1cccc(S(=O)(=O)NC)c1)c1ccccc1O. The second-order valence-corrected chi connectivity index (χ2v) is 7.14. The molecule has 6 heteroatoms. The second kappa shape index (κ2) is 7.59. The number of rotatable bonds is 7. The number of sulfonamides is 1. The van der Waals surface area contributed by atoms with Gasteiger partial charge in [-0.2, -0.15) is 0 Å². The highest BCUT2D eigenvalue weighted by Crippen LogP contribution is 2.26. The van der Waals surface area contributed by atoms with Crippen molar-refractivity contribution < 1.29 is 13.5 Å². The zero-order valence-electron chi connectivity index (χ0n) is 13.3. The number of benzene rings is 2. The summed E-state index contributed by atoms with van der Waals surface area (Å²) in [4.78, 5) is 0.245. The molecule has 5 nitrogen and oxygen atoms in total. The zero-order chi connectivity index (χ0) is 16.9. The Balaban J connectivity index is 2.14. The molecule has 0 aromatic heterocycles. The van der Waals surface area contributed by atoms with Crippen LogP contribution in [0.15, 0.2) is 53.4 Å². The minimum atomic E-state index is -3.44. The summed E-state index contributed by atoms with van der Waals surface area (Å²) in [5.74, 6) is 0.262. The molecule has 0 spiro atoms. The van der Waals surface area contributed by atoms with E-state index >= 15 is 0 Å². The van der Waals surface area contributed by atoms with Crippen LogP contribution in [0.3, 0.4) is 0 Å². The fraction of sp³-hybridized carbons (Fsp3) is 0.294. The van der Waals surface area contributed by atoms with Crippen LogP contribution in [0.4, 0.5) is 0 Å². The van der Waals surface area contributed by atoms with Crippen LogP contribution in [0, 0.1) is 0 Å². The van der Waals surface area contributed by atoms with Crippen LogP contribution < -0.4 is 10.0 Å². The van der Waals surface area contributed by atoms with Gasteiger partial charge in [0.25, 0.3) is 0 Å². The Kier molecular flexibility index (Phi) is 5.76. The third-order valence-corrected chi connectivity index (χ3v) is 5.16. The van der Waals surface area contributed by atoms with E-state index in [1.807, 2.05) is 25.1 Å². The van der Waals surface area contributed by atoms with Crippen molar-refractivity contribution in [3.05, 3.63) is 59.7 Å². The first kappa shape index (κ1) is 17.5. The number of hydrogen-bond donors (Lipinski definition) is 3. The molecule has 1 atom stereocenters. The summed E-state index contributed by atoms with van der Waals surface area (Å²) in [6, 6.07) is 14.0. The second-order valence-electron chi connectivity index (χ2n) is 5.26. The normalized spacial score (nSPS) is 13.0. The van der Waals surface area contributed by atoms with Gasteiger partial charge in [-0.25, -0.2) is 13.1 Å². The maximum Gasteiger partial charge on any atom is 0.240 e. The van der Waals surface area contributed by atoms with Gasteiger partial charge in [0.05, 0.1) is 4.90 Å². The molecule has 124 valence electrons. The molecule has 0 aliphatic heterocycles. The summed E-state index contributed by atoms with van der Waals surface area (Å²) < 4.78 is 26.0. The van der Waals surface area contributed by atoms with Gasteiger partial charge in [-0.15, -0.1) is 0 Å². The number of phenolic OH excluding ortho intramolecular Hbond substituents is 1. The predicted octanol–water partition coefficient (Wildman–Crippen LogP) is 2.54. The lowest BCUT2D eigenvalue weighted by atomic mass is 10.0. The van der Waals surface area contributed by atoms with Crippen LogP contribution in [-0.2, 0) is 16.6 Å². The van der Waals surface area contributed by atoms with E-state index in [4.69, 9.17) is 0 Å². The summed E-state index contributed by atoms with van der Waals surface area (Å²) in [5, 5.41) is 13.3. The summed E-state index contributed by atoms with van der Waals surface area (Å²) in [6.07, 6.45) is 0.812. The van der Waals surface area contributed by atoms with E-state index in [0.717, 1.165) is 17.5 Å². The topological polar surface area (TPSA) is 78.4 Å². The van der Waals surface area contributed by atoms with Gasteiger partial charge in [0.2, 0.25) is 10.0 Å². The quantitative estimate of drug-likeness (QED) is 0.727. The minimum Gasteiger partial charge on any atom is -0.508 e. The fourth-order valence-electron chi connectivity index (χ4n) is 2.44. The van der Waals surface area contributed by atoms with Crippen LogP contribution in [-0.4, -0.2) is 20.6 Å². The highest BCUT2D eigenvalue weighted by atomic mass is 32.2. The van der Waals surface area contributed by atoms with Crippen LogP contribution >= 0.6 is 0 Å². The average molecular weight is 334 g/mol. The largest absolute Gasteiger partial charge is 0.508 e. The number of para-hydroxylation sites is 1. The van der Waals surface area contributed by atoms with Gasteiger partial charge in [-0.05, 0) is 37.2 Å². The standard InChI is InChI=1S/C17H22N2O3S/c1-3-16(15-9-4-5-10-17(15)20)19-12-13-7-6-8-14(11-13)23(21,22)18-2/h4-11,16,18-20H,3,12H2,1-2H3. The van der Waals surface area contributed by atoms with Crippen molar-refractivity contribution in [3.8, 4) is 5.75 Å². The van der Waals surface area contributed by atoms with Crippen molar-refractivity contribution in [1.29, 1.82) is 0 Å². The highest BCUT2D eigenvalue weighted by molar-refractivity contribution is 7.89. The number of aromatic hydroxyl groups is 1. The molecule has 3 N–H and O–H groups in total. The predicted molar refractivity (Wildman–Crippen MR) is 90.7 cm³/mol. The van der Waals surface area contributed by atoms with Gasteiger partial charge in [-0.1, -0.05) is 37.3 Å². The van der Waals surface area contributed by atoms with Gasteiger partial charge in [0.15, 0.2) is 0 Å². The summed E-state index contributed by atoms with van der Waals surface area (Å²) in [7, 11) is -2.05. The van der Waals surface area contributed by atoms with Crippen molar-refractivity contribution in [2.24, 2.45) is 0 Å². The zero-order valence-corrected chi connectivity index (χ0v) is 14.1. The van der Waals surface area contributed by atoms with Crippen LogP contribution in [0.25, 0.3) is 0 Å². The molecule has 2 aromatic rings. The molecule has 0 heterocycles. The molecule has 0 bridgehead atoms. The molecule has 23 heavy (non-hydrogen) atoms. The molecule has 1 unspecified atom stereocenters. The lowest BCUT2D eigenvalue weighted by Crippen LogP contribution is -2.21. The van der Waals surface area contributed by atoms with E-state index < -0.39 is 10.0 Å². The van der Waals surface area contributed by atoms with Crippen molar-refractivity contribution in [2.75, 3.05) is 7.05 Å². The van der Waals surface area contributed by atoms with Gasteiger partial charge >= 0.3 is 0 Å². The Bertz CT molecular complexity index is 760. The van der Waals surface area contributed by atoms with E-state index in [2.05, 4.69) is 10.0 Å². The Morgan fingerprint density at radius 2 is 1.87 bits per heavy atom. The first-order valence-corrected chi connectivity index (χ1v) is 9.00. The number of hydrogen-bond acceptors (Lipinski definition) is 4. The smallest absolute Gasteiger partial charge is 0.240 e. The molecule has 0 saturated carbocycles. The monoisotopic (exact) mass is 334 g/mol. The first-order valence-electron chi connectivity index (χ1n) is 7.51.